The zero-order valence-corrected chi connectivity index (χ0v) is 11.5. The van der Waals surface area contributed by atoms with Crippen molar-refractivity contribution in [2.24, 2.45) is 0 Å². The Labute approximate surface area is 112 Å². The Morgan fingerprint density at radius 1 is 1.50 bits per heavy atom. The lowest BCUT2D eigenvalue weighted by Gasteiger charge is -2.09. The molecule has 0 aromatic heterocycles. The summed E-state index contributed by atoms with van der Waals surface area (Å²) in [5.41, 5.74) is 6.79. The van der Waals surface area contributed by atoms with Gasteiger partial charge in [-0.25, -0.2) is 0 Å². The van der Waals surface area contributed by atoms with Crippen molar-refractivity contribution in [2.45, 2.75) is 32.8 Å². The van der Waals surface area contributed by atoms with Crippen LogP contribution in [0.2, 0.25) is 5.02 Å². The third-order valence-corrected chi connectivity index (χ3v) is 2.52. The van der Waals surface area contributed by atoms with Crippen molar-refractivity contribution in [3.8, 4) is 0 Å². The van der Waals surface area contributed by atoms with Crippen molar-refractivity contribution < 1.29 is 9.53 Å². The quantitative estimate of drug-likeness (QED) is 0.617. The number of nitrogens with two attached hydrogens (primary N) is 1. The average molecular weight is 271 g/mol. The van der Waals surface area contributed by atoms with E-state index in [9.17, 15) is 4.79 Å². The Bertz CT molecular complexity index is 408. The molecule has 0 saturated carbocycles. The second kappa shape index (κ2) is 7.24. The maximum Gasteiger partial charge on any atom is 0.224 e. The van der Waals surface area contributed by atoms with Gasteiger partial charge in [0.15, 0.2) is 0 Å². The van der Waals surface area contributed by atoms with Gasteiger partial charge in [0.1, 0.15) is 0 Å². The highest BCUT2D eigenvalue weighted by atomic mass is 35.5. The predicted molar refractivity (Wildman–Crippen MR) is 74.8 cm³/mol. The Hall–Kier alpha value is -1.26. The SMILES string of the molecule is CC(C)OCCCC(=O)Nc1cc(Cl)ccc1N. The van der Waals surface area contributed by atoms with Crippen LogP contribution >= 0.6 is 11.6 Å². The first-order valence-electron chi connectivity index (χ1n) is 5.95. The Morgan fingerprint density at radius 2 is 2.22 bits per heavy atom. The molecule has 3 N–H and O–H groups in total. The van der Waals surface area contributed by atoms with Gasteiger partial charge in [-0.05, 0) is 38.5 Å². The highest BCUT2D eigenvalue weighted by Gasteiger charge is 2.06. The second-order valence-corrected chi connectivity index (χ2v) is 4.74. The molecule has 0 heterocycles. The van der Waals surface area contributed by atoms with E-state index in [2.05, 4.69) is 5.32 Å². The number of hydrogen-bond donors (Lipinski definition) is 2. The minimum absolute atomic E-state index is 0.0867. The summed E-state index contributed by atoms with van der Waals surface area (Å²) < 4.78 is 5.36. The largest absolute Gasteiger partial charge is 0.397 e. The van der Waals surface area contributed by atoms with Crippen LogP contribution < -0.4 is 11.1 Å². The zero-order chi connectivity index (χ0) is 13.5. The number of carbonyl (C=O) groups is 1. The molecule has 1 aromatic rings. The van der Waals surface area contributed by atoms with Crippen LogP contribution in [0, 0.1) is 0 Å². The maximum absolute atomic E-state index is 11.7. The maximum atomic E-state index is 11.7. The standard InChI is InChI=1S/C13H19ClN2O2/c1-9(2)18-7-3-4-13(17)16-12-8-10(14)5-6-11(12)15/h5-6,8-9H,3-4,7,15H2,1-2H3,(H,16,17). The van der Waals surface area contributed by atoms with Crippen LogP contribution in [0.4, 0.5) is 11.4 Å². The number of rotatable bonds is 6. The van der Waals surface area contributed by atoms with Crippen molar-refractivity contribution in [2.75, 3.05) is 17.7 Å². The van der Waals surface area contributed by atoms with Crippen molar-refractivity contribution in [1.29, 1.82) is 0 Å². The number of halogens is 1. The number of amides is 1. The van der Waals surface area contributed by atoms with Crippen LogP contribution in [-0.2, 0) is 9.53 Å². The summed E-state index contributed by atoms with van der Waals surface area (Å²) in [6, 6.07) is 4.99. The molecule has 100 valence electrons. The number of ether oxygens (including phenoxy) is 1. The van der Waals surface area contributed by atoms with Gasteiger partial charge < -0.3 is 15.8 Å². The molecular formula is C13H19ClN2O2. The molecule has 0 atom stereocenters. The van der Waals surface area contributed by atoms with E-state index in [1.165, 1.54) is 0 Å². The lowest BCUT2D eigenvalue weighted by atomic mass is 10.2. The Balaban J connectivity index is 2.38. The summed E-state index contributed by atoms with van der Waals surface area (Å²) in [5.74, 6) is -0.0867. The van der Waals surface area contributed by atoms with Crippen molar-refractivity contribution >= 4 is 28.9 Å². The van der Waals surface area contributed by atoms with Gasteiger partial charge in [-0.15, -0.1) is 0 Å². The summed E-state index contributed by atoms with van der Waals surface area (Å²) in [4.78, 5) is 11.7. The highest BCUT2D eigenvalue weighted by Crippen LogP contribution is 2.23. The number of nitrogen functional groups attached to an aromatic ring is 1. The van der Waals surface area contributed by atoms with Gasteiger partial charge in [0, 0.05) is 18.1 Å². The fraction of sp³-hybridized carbons (Fsp3) is 0.462. The molecule has 0 fully saturated rings. The van der Waals surface area contributed by atoms with E-state index in [1.807, 2.05) is 13.8 Å². The molecule has 0 aliphatic heterocycles. The van der Waals surface area contributed by atoms with E-state index >= 15 is 0 Å². The fourth-order valence-electron chi connectivity index (χ4n) is 1.40. The van der Waals surface area contributed by atoms with Gasteiger partial charge in [-0.1, -0.05) is 11.6 Å². The Morgan fingerprint density at radius 3 is 2.89 bits per heavy atom. The molecule has 18 heavy (non-hydrogen) atoms. The van der Waals surface area contributed by atoms with E-state index in [0.29, 0.717) is 35.8 Å². The van der Waals surface area contributed by atoms with E-state index in [4.69, 9.17) is 22.1 Å². The molecule has 1 aromatic carbocycles. The van der Waals surface area contributed by atoms with Crippen LogP contribution in [-0.4, -0.2) is 18.6 Å². The predicted octanol–water partition coefficient (Wildman–Crippen LogP) is 3.07. The number of hydrogen-bond acceptors (Lipinski definition) is 3. The third-order valence-electron chi connectivity index (χ3n) is 2.29. The summed E-state index contributed by atoms with van der Waals surface area (Å²) in [5, 5.41) is 3.28. The van der Waals surface area contributed by atoms with Gasteiger partial charge >= 0.3 is 0 Å². The minimum atomic E-state index is -0.0867. The number of benzene rings is 1. The molecule has 4 nitrogen and oxygen atoms in total. The second-order valence-electron chi connectivity index (χ2n) is 4.30. The van der Waals surface area contributed by atoms with Gasteiger partial charge in [-0.2, -0.15) is 0 Å². The number of carbonyl (C=O) groups excluding carboxylic acids is 1. The van der Waals surface area contributed by atoms with Gasteiger partial charge in [0.2, 0.25) is 5.91 Å². The summed E-state index contributed by atoms with van der Waals surface area (Å²) in [6.07, 6.45) is 1.28. The molecule has 1 rings (SSSR count). The number of anilines is 2. The summed E-state index contributed by atoms with van der Waals surface area (Å²) in [7, 11) is 0. The van der Waals surface area contributed by atoms with Crippen molar-refractivity contribution in [3.05, 3.63) is 23.2 Å². The van der Waals surface area contributed by atoms with E-state index < -0.39 is 0 Å². The molecule has 0 radical (unpaired) electrons. The van der Waals surface area contributed by atoms with E-state index in [0.717, 1.165) is 0 Å². The molecule has 0 aliphatic carbocycles. The molecule has 0 spiro atoms. The normalized spacial score (nSPS) is 10.7. The van der Waals surface area contributed by atoms with Crippen molar-refractivity contribution in [1.82, 2.24) is 0 Å². The molecule has 0 unspecified atom stereocenters. The highest BCUT2D eigenvalue weighted by molar-refractivity contribution is 6.31. The lowest BCUT2D eigenvalue weighted by Crippen LogP contribution is -2.14. The smallest absolute Gasteiger partial charge is 0.224 e. The Kier molecular flexibility index (Phi) is 5.95. The monoisotopic (exact) mass is 270 g/mol. The van der Waals surface area contributed by atoms with Crippen LogP contribution in [0.3, 0.4) is 0 Å². The third kappa shape index (κ3) is 5.38. The number of nitrogens with one attached hydrogen (secondary N) is 1. The van der Waals surface area contributed by atoms with E-state index in [1.54, 1.807) is 18.2 Å². The van der Waals surface area contributed by atoms with Gasteiger partial charge in [0.25, 0.3) is 0 Å². The summed E-state index contributed by atoms with van der Waals surface area (Å²) >= 11 is 5.84. The molecule has 0 aliphatic rings. The molecule has 0 bridgehead atoms. The first kappa shape index (κ1) is 14.8. The van der Waals surface area contributed by atoms with Crippen LogP contribution in [0.5, 0.6) is 0 Å². The van der Waals surface area contributed by atoms with Crippen molar-refractivity contribution in [3.63, 3.8) is 0 Å². The molecule has 1 amide bonds. The van der Waals surface area contributed by atoms with Crippen LogP contribution in [0.15, 0.2) is 18.2 Å². The van der Waals surface area contributed by atoms with Crippen LogP contribution in [0.25, 0.3) is 0 Å². The molecule has 0 saturated heterocycles. The summed E-state index contributed by atoms with van der Waals surface area (Å²) in [6.45, 7) is 4.51. The lowest BCUT2D eigenvalue weighted by molar-refractivity contribution is -0.116. The molecular weight excluding hydrogens is 252 g/mol. The average Bonchev–Trinajstić information content (AvgIpc) is 2.29. The van der Waals surface area contributed by atoms with E-state index in [-0.39, 0.29) is 12.0 Å². The van der Waals surface area contributed by atoms with Gasteiger partial charge in [0.05, 0.1) is 17.5 Å². The molecule has 5 heteroatoms. The first-order valence-corrected chi connectivity index (χ1v) is 6.33. The topological polar surface area (TPSA) is 64.3 Å². The zero-order valence-electron chi connectivity index (χ0n) is 10.7. The fourth-order valence-corrected chi connectivity index (χ4v) is 1.57. The van der Waals surface area contributed by atoms with Gasteiger partial charge in [-0.3, -0.25) is 4.79 Å². The van der Waals surface area contributed by atoms with Crippen LogP contribution in [0.1, 0.15) is 26.7 Å². The first-order chi connectivity index (χ1) is 8.49. The minimum Gasteiger partial charge on any atom is -0.397 e.